The Labute approximate surface area is 141 Å². The van der Waals surface area contributed by atoms with Gasteiger partial charge in [-0.2, -0.15) is 11.8 Å². The number of hydrogen-bond acceptors (Lipinski definition) is 1. The van der Waals surface area contributed by atoms with Gasteiger partial charge < -0.3 is 0 Å². The maximum atomic E-state index is 2.30. The van der Waals surface area contributed by atoms with Crippen LogP contribution >= 0.6 is 11.8 Å². The van der Waals surface area contributed by atoms with Crippen LogP contribution in [0.2, 0.25) is 0 Å². The maximum absolute atomic E-state index is 2.30. The molecule has 4 aromatic rings. The largest absolute Gasteiger partial charge is 0.152 e. The molecule has 0 bridgehead atoms. The van der Waals surface area contributed by atoms with Gasteiger partial charge in [0, 0.05) is 11.5 Å². The van der Waals surface area contributed by atoms with Gasteiger partial charge in [-0.1, -0.05) is 78.9 Å². The molecule has 0 aliphatic rings. The Hall–Kier alpha value is -2.25. The zero-order valence-electron chi connectivity index (χ0n) is 12.9. The summed E-state index contributed by atoms with van der Waals surface area (Å²) in [5.74, 6) is 2.09. The minimum Gasteiger partial charge on any atom is -0.152 e. The first-order chi connectivity index (χ1) is 11.4. The molecule has 0 atom stereocenters. The van der Waals surface area contributed by atoms with Crippen LogP contribution in [0.5, 0.6) is 0 Å². The molecule has 0 aliphatic carbocycles. The summed E-state index contributed by atoms with van der Waals surface area (Å²) < 4.78 is 0. The fourth-order valence-corrected chi connectivity index (χ4v) is 4.15. The molecule has 0 heterocycles. The molecule has 0 saturated carbocycles. The SMILES string of the molecule is c1ccc(CSCc2c3ccccc3cc3ccccc23)cc1. The second-order valence-corrected chi connectivity index (χ2v) is 6.76. The lowest BCUT2D eigenvalue weighted by molar-refractivity contribution is 1.39. The zero-order valence-corrected chi connectivity index (χ0v) is 13.7. The molecule has 0 N–H and O–H groups in total. The summed E-state index contributed by atoms with van der Waals surface area (Å²) >= 11 is 1.99. The first-order valence-corrected chi connectivity index (χ1v) is 9.08. The molecule has 0 unspecified atom stereocenters. The molecule has 1 heteroatoms. The Kier molecular flexibility index (Phi) is 4.04. The summed E-state index contributed by atoms with van der Waals surface area (Å²) in [6, 6.07) is 30.5. The predicted octanol–water partition coefficient (Wildman–Crippen LogP) is 6.43. The Morgan fingerprint density at radius 3 is 1.78 bits per heavy atom. The summed E-state index contributed by atoms with van der Waals surface area (Å²) in [4.78, 5) is 0. The molecular formula is C22H18S. The average Bonchev–Trinajstić information content (AvgIpc) is 2.62. The fourth-order valence-electron chi connectivity index (χ4n) is 3.11. The summed E-state index contributed by atoms with van der Waals surface area (Å²) in [5.41, 5.74) is 2.85. The third-order valence-corrected chi connectivity index (χ3v) is 5.27. The van der Waals surface area contributed by atoms with E-state index in [0.717, 1.165) is 11.5 Å². The lowest BCUT2D eigenvalue weighted by Gasteiger charge is -2.11. The normalized spacial score (nSPS) is 11.1. The highest BCUT2D eigenvalue weighted by molar-refractivity contribution is 7.97. The summed E-state index contributed by atoms with van der Waals surface area (Å²) in [5, 5.41) is 5.43. The van der Waals surface area contributed by atoms with Gasteiger partial charge in [-0.25, -0.2) is 0 Å². The van der Waals surface area contributed by atoms with Gasteiger partial charge in [0.25, 0.3) is 0 Å². The van der Waals surface area contributed by atoms with Crippen LogP contribution in [-0.2, 0) is 11.5 Å². The molecule has 112 valence electrons. The number of hydrogen-bond donors (Lipinski definition) is 0. The number of fused-ring (bicyclic) bond motifs is 2. The van der Waals surface area contributed by atoms with E-state index in [1.165, 1.54) is 32.7 Å². The quantitative estimate of drug-likeness (QED) is 0.391. The van der Waals surface area contributed by atoms with Gasteiger partial charge in [-0.3, -0.25) is 0 Å². The molecule has 0 aliphatic heterocycles. The lowest BCUT2D eigenvalue weighted by Crippen LogP contribution is -1.89. The second-order valence-electron chi connectivity index (χ2n) is 5.78. The van der Waals surface area contributed by atoms with Crippen molar-refractivity contribution in [3.8, 4) is 0 Å². The first kappa shape index (κ1) is 14.3. The van der Waals surface area contributed by atoms with Crippen LogP contribution in [0.15, 0.2) is 84.9 Å². The van der Waals surface area contributed by atoms with Crippen molar-refractivity contribution in [2.45, 2.75) is 11.5 Å². The van der Waals surface area contributed by atoms with Crippen molar-refractivity contribution in [2.75, 3.05) is 0 Å². The Balaban J connectivity index is 1.71. The standard InChI is InChI=1S/C22H18S/c1-2-8-17(9-3-1)15-23-16-22-20-12-6-4-10-18(20)14-19-11-5-7-13-21(19)22/h1-14H,15-16H2. The highest BCUT2D eigenvalue weighted by Gasteiger charge is 2.07. The van der Waals surface area contributed by atoms with Crippen molar-refractivity contribution >= 4 is 33.3 Å². The molecule has 0 radical (unpaired) electrons. The van der Waals surface area contributed by atoms with Crippen molar-refractivity contribution in [1.82, 2.24) is 0 Å². The van der Waals surface area contributed by atoms with Gasteiger partial charge in [0.1, 0.15) is 0 Å². The van der Waals surface area contributed by atoms with Crippen molar-refractivity contribution in [1.29, 1.82) is 0 Å². The molecule has 0 saturated heterocycles. The van der Waals surface area contributed by atoms with Gasteiger partial charge in [0.15, 0.2) is 0 Å². The molecule has 0 nitrogen and oxygen atoms in total. The van der Waals surface area contributed by atoms with E-state index in [1.807, 2.05) is 11.8 Å². The zero-order chi connectivity index (χ0) is 15.5. The second kappa shape index (κ2) is 6.47. The van der Waals surface area contributed by atoms with Crippen molar-refractivity contribution < 1.29 is 0 Å². The average molecular weight is 314 g/mol. The number of benzene rings is 4. The fraction of sp³-hybridized carbons (Fsp3) is 0.0909. The predicted molar refractivity (Wildman–Crippen MR) is 103 cm³/mol. The van der Waals surface area contributed by atoms with Crippen molar-refractivity contribution in [3.63, 3.8) is 0 Å². The number of rotatable bonds is 4. The number of thioether (sulfide) groups is 1. The van der Waals surface area contributed by atoms with E-state index >= 15 is 0 Å². The van der Waals surface area contributed by atoms with E-state index in [0.29, 0.717) is 0 Å². The van der Waals surface area contributed by atoms with E-state index in [2.05, 4.69) is 84.9 Å². The summed E-state index contributed by atoms with van der Waals surface area (Å²) in [6.45, 7) is 0. The highest BCUT2D eigenvalue weighted by atomic mass is 32.2. The Morgan fingerprint density at radius 2 is 1.13 bits per heavy atom. The van der Waals surface area contributed by atoms with Gasteiger partial charge in [0.05, 0.1) is 0 Å². The molecule has 4 rings (SSSR count). The first-order valence-electron chi connectivity index (χ1n) is 7.93. The maximum Gasteiger partial charge on any atom is 0.0200 e. The molecule has 4 aromatic carbocycles. The Bertz CT molecular complexity index is 888. The molecule has 0 spiro atoms. The van der Waals surface area contributed by atoms with Gasteiger partial charge in [-0.05, 0) is 38.7 Å². The van der Waals surface area contributed by atoms with Crippen LogP contribution in [-0.4, -0.2) is 0 Å². The van der Waals surface area contributed by atoms with Crippen LogP contribution in [0.25, 0.3) is 21.5 Å². The van der Waals surface area contributed by atoms with Crippen molar-refractivity contribution in [3.05, 3.63) is 96.1 Å². The smallest absolute Gasteiger partial charge is 0.0200 e. The highest BCUT2D eigenvalue weighted by Crippen LogP contribution is 2.32. The van der Waals surface area contributed by atoms with E-state index in [9.17, 15) is 0 Å². The minimum absolute atomic E-state index is 1.04. The third kappa shape index (κ3) is 2.97. The molecule has 23 heavy (non-hydrogen) atoms. The van der Waals surface area contributed by atoms with Crippen LogP contribution in [0.1, 0.15) is 11.1 Å². The van der Waals surface area contributed by atoms with E-state index < -0.39 is 0 Å². The van der Waals surface area contributed by atoms with Crippen molar-refractivity contribution in [2.24, 2.45) is 0 Å². The van der Waals surface area contributed by atoms with Crippen LogP contribution in [0.3, 0.4) is 0 Å². The van der Waals surface area contributed by atoms with Gasteiger partial charge >= 0.3 is 0 Å². The van der Waals surface area contributed by atoms with Crippen LogP contribution in [0, 0.1) is 0 Å². The van der Waals surface area contributed by atoms with Gasteiger partial charge in [0.2, 0.25) is 0 Å². The lowest BCUT2D eigenvalue weighted by atomic mass is 9.98. The molecule has 0 amide bonds. The monoisotopic (exact) mass is 314 g/mol. The summed E-state index contributed by atoms with van der Waals surface area (Å²) in [7, 11) is 0. The minimum atomic E-state index is 1.04. The van der Waals surface area contributed by atoms with Gasteiger partial charge in [-0.15, -0.1) is 0 Å². The molecule has 0 aromatic heterocycles. The summed E-state index contributed by atoms with van der Waals surface area (Å²) in [6.07, 6.45) is 0. The van der Waals surface area contributed by atoms with E-state index in [1.54, 1.807) is 0 Å². The van der Waals surface area contributed by atoms with Crippen LogP contribution < -0.4 is 0 Å². The topological polar surface area (TPSA) is 0 Å². The third-order valence-electron chi connectivity index (χ3n) is 4.24. The molecular weight excluding hydrogens is 296 g/mol. The Morgan fingerprint density at radius 1 is 0.565 bits per heavy atom. The molecule has 0 fully saturated rings. The van der Waals surface area contributed by atoms with E-state index in [4.69, 9.17) is 0 Å². The van der Waals surface area contributed by atoms with E-state index in [-0.39, 0.29) is 0 Å². The van der Waals surface area contributed by atoms with Crippen LogP contribution in [0.4, 0.5) is 0 Å².